The van der Waals surface area contributed by atoms with Crippen molar-refractivity contribution in [2.24, 2.45) is 5.73 Å². The molecule has 42 heavy (non-hydrogen) atoms. The van der Waals surface area contributed by atoms with Gasteiger partial charge in [0, 0.05) is 38.0 Å². The molecule has 0 aliphatic carbocycles. The van der Waals surface area contributed by atoms with Crippen molar-refractivity contribution in [1.29, 1.82) is 5.41 Å². The van der Waals surface area contributed by atoms with Gasteiger partial charge in [-0.3, -0.25) is 15.0 Å². The van der Waals surface area contributed by atoms with E-state index in [1.807, 2.05) is 42.5 Å². The summed E-state index contributed by atoms with van der Waals surface area (Å²) < 4.78 is 4.89. The van der Waals surface area contributed by atoms with E-state index in [4.69, 9.17) is 39.1 Å². The van der Waals surface area contributed by atoms with Crippen LogP contribution in [0.5, 0.6) is 0 Å². The van der Waals surface area contributed by atoms with Crippen molar-refractivity contribution in [3.8, 4) is 11.1 Å². The monoisotopic (exact) mass is 608 g/mol. The average Bonchev–Trinajstić information content (AvgIpc) is 2.97. The lowest BCUT2D eigenvalue weighted by atomic mass is 9.97. The summed E-state index contributed by atoms with van der Waals surface area (Å²) in [6, 6.07) is 17.8. The highest BCUT2D eigenvalue weighted by molar-refractivity contribution is 6.40. The molecule has 0 spiro atoms. The van der Waals surface area contributed by atoms with Gasteiger partial charge in [0.1, 0.15) is 11.8 Å². The Morgan fingerprint density at radius 1 is 1.02 bits per heavy atom. The van der Waals surface area contributed by atoms with Gasteiger partial charge in [-0.1, -0.05) is 65.7 Å². The second-order valence-corrected chi connectivity index (χ2v) is 11.1. The van der Waals surface area contributed by atoms with Crippen LogP contribution in [0.2, 0.25) is 10.0 Å². The van der Waals surface area contributed by atoms with Crippen LogP contribution < -0.4 is 16.0 Å². The molecule has 0 unspecified atom stereocenters. The van der Waals surface area contributed by atoms with Gasteiger partial charge in [0.05, 0.1) is 28.6 Å². The number of fused-ring (bicyclic) bond motifs is 1. The molecule has 0 radical (unpaired) electrons. The SMILES string of the molecule is COC(=O)[C@H](CCC(=O)CCN1CCCc2ccc(CC(=N)N)cc21)NC(=O)c1c(Cl)cc(-c2ccccc2)cc1Cl. The Labute approximate surface area is 255 Å². The van der Waals surface area contributed by atoms with Crippen molar-refractivity contribution < 1.29 is 19.1 Å². The molecular formula is C32H34Cl2N4O4. The fourth-order valence-electron chi connectivity index (χ4n) is 5.16. The van der Waals surface area contributed by atoms with Crippen LogP contribution in [-0.4, -0.2) is 49.7 Å². The average molecular weight is 610 g/mol. The Morgan fingerprint density at radius 2 is 1.74 bits per heavy atom. The summed E-state index contributed by atoms with van der Waals surface area (Å²) >= 11 is 12.9. The summed E-state index contributed by atoms with van der Waals surface area (Å²) in [6.45, 7) is 1.36. The van der Waals surface area contributed by atoms with E-state index in [1.54, 1.807) is 12.1 Å². The Bertz CT molecular complexity index is 1460. The Kier molecular flexibility index (Phi) is 10.6. The molecule has 1 amide bonds. The molecule has 4 N–H and O–H groups in total. The van der Waals surface area contributed by atoms with Crippen molar-refractivity contribution in [3.05, 3.63) is 87.4 Å². The van der Waals surface area contributed by atoms with Crippen molar-refractivity contribution in [1.82, 2.24) is 5.32 Å². The number of hydrogen-bond donors (Lipinski definition) is 3. The number of nitrogens with one attached hydrogen (secondary N) is 2. The number of amides is 1. The zero-order chi connectivity index (χ0) is 30.2. The van der Waals surface area contributed by atoms with Gasteiger partial charge in [-0.25, -0.2) is 4.79 Å². The molecule has 0 saturated carbocycles. The molecule has 3 aromatic carbocycles. The first kappa shape index (κ1) is 31.1. The van der Waals surface area contributed by atoms with Gasteiger partial charge in [0.2, 0.25) is 0 Å². The second kappa shape index (κ2) is 14.3. The first-order valence-corrected chi connectivity index (χ1v) is 14.6. The molecule has 4 rings (SSSR count). The van der Waals surface area contributed by atoms with Crippen LogP contribution in [0.25, 0.3) is 11.1 Å². The number of anilines is 1. The van der Waals surface area contributed by atoms with E-state index >= 15 is 0 Å². The number of ether oxygens (including phenoxy) is 1. The van der Waals surface area contributed by atoms with Crippen molar-refractivity contribution in [2.45, 2.75) is 44.6 Å². The zero-order valence-corrected chi connectivity index (χ0v) is 24.9. The smallest absolute Gasteiger partial charge is 0.328 e. The topological polar surface area (TPSA) is 126 Å². The third-order valence-corrected chi connectivity index (χ3v) is 7.90. The van der Waals surface area contributed by atoms with E-state index in [-0.39, 0.29) is 46.5 Å². The van der Waals surface area contributed by atoms with Crippen molar-refractivity contribution in [3.63, 3.8) is 0 Å². The van der Waals surface area contributed by atoms with E-state index in [9.17, 15) is 14.4 Å². The van der Waals surface area contributed by atoms with Crippen LogP contribution in [0.15, 0.2) is 60.7 Å². The number of benzene rings is 3. The number of nitrogens with zero attached hydrogens (tertiary/aromatic N) is 1. The number of aryl methyl sites for hydroxylation is 1. The fraction of sp³-hybridized carbons (Fsp3) is 0.312. The number of nitrogens with two attached hydrogens (primary N) is 1. The molecule has 3 aromatic rings. The number of rotatable bonds is 12. The number of amidine groups is 1. The maximum absolute atomic E-state index is 13.2. The highest BCUT2D eigenvalue weighted by atomic mass is 35.5. The second-order valence-electron chi connectivity index (χ2n) is 10.3. The molecule has 10 heteroatoms. The molecule has 1 aliphatic rings. The summed E-state index contributed by atoms with van der Waals surface area (Å²) in [7, 11) is 1.23. The van der Waals surface area contributed by atoms with Gasteiger partial charge in [0.25, 0.3) is 5.91 Å². The van der Waals surface area contributed by atoms with E-state index in [0.717, 1.165) is 41.8 Å². The molecule has 1 atom stereocenters. The molecule has 1 heterocycles. The number of carbonyl (C=O) groups is 3. The standard InChI is InChI=1S/C32H34Cl2N4O4/c1-42-32(41)27(37-31(40)30-25(33)18-23(19-26(30)34)21-6-3-2-4-7-21)12-11-24(39)13-15-38-14-5-8-22-10-9-20(16-28(22)38)17-29(35)36/h2-4,6-7,9-10,16,18-19,27H,5,8,11-15,17H2,1H3,(H3,35,36)(H,37,40)/t27-/m0/s1. The predicted octanol–water partition coefficient (Wildman–Crippen LogP) is 5.60. The summed E-state index contributed by atoms with van der Waals surface area (Å²) in [5.41, 5.74) is 10.5. The van der Waals surface area contributed by atoms with Crippen molar-refractivity contribution in [2.75, 3.05) is 25.1 Å². The normalized spacial score (nSPS) is 13.2. The van der Waals surface area contributed by atoms with Crippen LogP contribution in [0.4, 0.5) is 5.69 Å². The van der Waals surface area contributed by atoms with Crippen LogP contribution in [0.3, 0.4) is 0 Å². The number of ketones is 1. The Hall–Kier alpha value is -3.88. The van der Waals surface area contributed by atoms with Crippen LogP contribution >= 0.6 is 23.2 Å². The fourth-order valence-corrected chi connectivity index (χ4v) is 5.82. The number of carbonyl (C=O) groups excluding carboxylic acids is 3. The molecule has 1 aliphatic heterocycles. The summed E-state index contributed by atoms with van der Waals surface area (Å²) in [5.74, 6) is -1.21. The van der Waals surface area contributed by atoms with Gasteiger partial charge >= 0.3 is 5.97 Å². The molecule has 0 fully saturated rings. The summed E-state index contributed by atoms with van der Waals surface area (Å²) in [5, 5.41) is 10.5. The van der Waals surface area contributed by atoms with E-state index < -0.39 is 17.9 Å². The van der Waals surface area contributed by atoms with Gasteiger partial charge in [0.15, 0.2) is 0 Å². The number of esters is 1. The number of methoxy groups -OCH3 is 1. The first-order chi connectivity index (χ1) is 20.2. The molecule has 220 valence electrons. The molecule has 0 bridgehead atoms. The van der Waals surface area contributed by atoms with E-state index in [2.05, 4.69) is 16.3 Å². The molecule has 0 aromatic heterocycles. The van der Waals surface area contributed by atoms with E-state index in [1.165, 1.54) is 12.7 Å². The van der Waals surface area contributed by atoms with E-state index in [0.29, 0.717) is 13.0 Å². The predicted molar refractivity (Wildman–Crippen MR) is 167 cm³/mol. The maximum atomic E-state index is 13.2. The number of Topliss-reactive ketones (excluding diaryl/α,β-unsaturated/α-hetero) is 1. The highest BCUT2D eigenvalue weighted by Crippen LogP contribution is 2.32. The third kappa shape index (κ3) is 7.89. The highest BCUT2D eigenvalue weighted by Gasteiger charge is 2.26. The van der Waals surface area contributed by atoms with Gasteiger partial charge in [-0.05, 0) is 59.7 Å². The molecular weight excluding hydrogens is 575 g/mol. The minimum absolute atomic E-state index is 0.0338. The van der Waals surface area contributed by atoms with Crippen LogP contribution in [-0.2, 0) is 27.2 Å². The first-order valence-electron chi connectivity index (χ1n) is 13.8. The van der Waals surface area contributed by atoms with Crippen LogP contribution in [0, 0.1) is 5.41 Å². The van der Waals surface area contributed by atoms with Crippen LogP contribution in [0.1, 0.15) is 47.2 Å². The Balaban J connectivity index is 1.37. The zero-order valence-electron chi connectivity index (χ0n) is 23.4. The third-order valence-electron chi connectivity index (χ3n) is 7.30. The summed E-state index contributed by atoms with van der Waals surface area (Å²) in [6.07, 6.45) is 2.78. The quantitative estimate of drug-likeness (QED) is 0.139. The maximum Gasteiger partial charge on any atom is 0.328 e. The Morgan fingerprint density at radius 3 is 2.40 bits per heavy atom. The lowest BCUT2D eigenvalue weighted by molar-refractivity contribution is -0.143. The van der Waals surface area contributed by atoms with Gasteiger partial charge in [-0.15, -0.1) is 0 Å². The lowest BCUT2D eigenvalue weighted by Crippen LogP contribution is -2.42. The lowest BCUT2D eigenvalue weighted by Gasteiger charge is -2.31. The minimum Gasteiger partial charge on any atom is -0.467 e. The molecule has 0 saturated heterocycles. The van der Waals surface area contributed by atoms with Crippen molar-refractivity contribution >= 4 is 52.4 Å². The van der Waals surface area contributed by atoms with Gasteiger partial charge in [-0.2, -0.15) is 0 Å². The largest absolute Gasteiger partial charge is 0.467 e. The molecule has 8 nitrogen and oxygen atoms in total. The number of hydrogen-bond acceptors (Lipinski definition) is 6. The van der Waals surface area contributed by atoms with Gasteiger partial charge < -0.3 is 20.7 Å². The minimum atomic E-state index is -1.04. The number of halogens is 2. The summed E-state index contributed by atoms with van der Waals surface area (Å²) in [4.78, 5) is 40.7.